The molecule has 2 heterocycles. The van der Waals surface area contributed by atoms with E-state index < -0.39 is 11.5 Å². The van der Waals surface area contributed by atoms with Crippen LogP contribution in [0.1, 0.15) is 38.0 Å². The molecule has 0 fully saturated rings. The number of esters is 1. The van der Waals surface area contributed by atoms with E-state index >= 15 is 0 Å². The third-order valence-electron chi connectivity index (χ3n) is 3.59. The van der Waals surface area contributed by atoms with Gasteiger partial charge in [0.15, 0.2) is 0 Å². The van der Waals surface area contributed by atoms with Gasteiger partial charge in [0, 0.05) is 0 Å². The van der Waals surface area contributed by atoms with E-state index in [4.69, 9.17) is 9.15 Å². The van der Waals surface area contributed by atoms with Gasteiger partial charge in [-0.1, -0.05) is 36.4 Å². The number of aromatic nitrogens is 1. The summed E-state index contributed by atoms with van der Waals surface area (Å²) in [5.74, 6) is -0.391. The van der Waals surface area contributed by atoms with Crippen molar-refractivity contribution in [2.45, 2.75) is 38.7 Å². The fourth-order valence-electron chi connectivity index (χ4n) is 2.55. The van der Waals surface area contributed by atoms with Crippen LogP contribution in [-0.2, 0) is 16.0 Å². The summed E-state index contributed by atoms with van der Waals surface area (Å²) in [5.41, 5.74) is 1.12. The van der Waals surface area contributed by atoms with Gasteiger partial charge in [0.05, 0.1) is 4.88 Å². The Kier molecular flexibility index (Phi) is 5.04. The SMILES string of the molecule is CC(C)(C)OC(=O)[C@@H](Cc1ccccc1)c1o[c]nc1-c1cccs1. The zero-order valence-electron chi connectivity index (χ0n) is 14.5. The normalized spacial score (nSPS) is 12.8. The molecule has 0 saturated carbocycles. The van der Waals surface area contributed by atoms with Crippen LogP contribution in [0.5, 0.6) is 0 Å². The number of carbonyl (C=O) groups is 1. The minimum absolute atomic E-state index is 0.320. The summed E-state index contributed by atoms with van der Waals surface area (Å²) in [4.78, 5) is 18.0. The molecule has 3 rings (SSSR count). The number of thiophene rings is 1. The van der Waals surface area contributed by atoms with Crippen molar-refractivity contribution < 1.29 is 13.9 Å². The second kappa shape index (κ2) is 7.23. The van der Waals surface area contributed by atoms with E-state index in [1.807, 2.05) is 68.6 Å². The van der Waals surface area contributed by atoms with Crippen LogP contribution in [0.25, 0.3) is 10.6 Å². The van der Waals surface area contributed by atoms with Gasteiger partial charge in [-0.15, -0.1) is 11.3 Å². The highest BCUT2D eigenvalue weighted by Crippen LogP contribution is 2.34. The number of hydrogen-bond donors (Lipinski definition) is 0. The predicted molar refractivity (Wildman–Crippen MR) is 97.4 cm³/mol. The average Bonchev–Trinajstić information content (AvgIpc) is 3.22. The lowest BCUT2D eigenvalue weighted by Gasteiger charge is -2.23. The quantitative estimate of drug-likeness (QED) is 0.613. The molecule has 3 aromatic rings. The number of rotatable bonds is 5. The van der Waals surface area contributed by atoms with Crippen LogP contribution in [0.2, 0.25) is 0 Å². The first kappa shape index (κ1) is 17.4. The van der Waals surface area contributed by atoms with E-state index in [0.29, 0.717) is 17.9 Å². The van der Waals surface area contributed by atoms with Crippen molar-refractivity contribution >= 4 is 17.3 Å². The lowest BCUT2D eigenvalue weighted by atomic mass is 9.95. The second-order valence-electron chi connectivity index (χ2n) is 6.77. The fourth-order valence-corrected chi connectivity index (χ4v) is 3.27. The van der Waals surface area contributed by atoms with E-state index in [1.54, 1.807) is 11.3 Å². The van der Waals surface area contributed by atoms with Crippen LogP contribution in [0.3, 0.4) is 0 Å². The first-order valence-electron chi connectivity index (χ1n) is 8.11. The summed E-state index contributed by atoms with van der Waals surface area (Å²) >= 11 is 1.55. The standard InChI is InChI=1S/C20H20NO3S/c1-20(2,3)24-19(22)15(12-14-8-5-4-6-9-14)18-17(21-13-23-18)16-10-7-11-25-16/h4-11,15H,12H2,1-3H3/t15-/m0/s1. The van der Waals surface area contributed by atoms with Crippen molar-refractivity contribution in [3.8, 4) is 10.6 Å². The molecular formula is C20H20NO3S. The highest BCUT2D eigenvalue weighted by atomic mass is 32.1. The van der Waals surface area contributed by atoms with Crippen molar-refractivity contribution in [3.05, 3.63) is 65.6 Å². The minimum Gasteiger partial charge on any atom is -0.459 e. The van der Waals surface area contributed by atoms with Gasteiger partial charge in [-0.05, 0) is 44.2 Å². The van der Waals surface area contributed by atoms with E-state index in [0.717, 1.165) is 10.4 Å². The molecule has 2 aromatic heterocycles. The number of hydrogen-bond acceptors (Lipinski definition) is 5. The Morgan fingerprint density at radius 1 is 1.24 bits per heavy atom. The Morgan fingerprint density at radius 3 is 2.64 bits per heavy atom. The van der Waals surface area contributed by atoms with Crippen LogP contribution in [0, 0.1) is 6.39 Å². The van der Waals surface area contributed by atoms with Gasteiger partial charge in [-0.25, -0.2) is 4.98 Å². The zero-order valence-corrected chi connectivity index (χ0v) is 15.3. The van der Waals surface area contributed by atoms with Crippen LogP contribution >= 0.6 is 11.3 Å². The molecule has 0 bridgehead atoms. The molecule has 0 amide bonds. The summed E-state index contributed by atoms with van der Waals surface area (Å²) in [6.45, 7) is 5.57. The van der Waals surface area contributed by atoms with Gasteiger partial charge in [0.2, 0.25) is 0 Å². The molecule has 0 aliphatic heterocycles. The van der Waals surface area contributed by atoms with Gasteiger partial charge < -0.3 is 9.15 Å². The maximum atomic E-state index is 12.9. The molecular weight excluding hydrogens is 334 g/mol. The molecule has 0 unspecified atom stereocenters. The maximum Gasteiger partial charge on any atom is 0.317 e. The monoisotopic (exact) mass is 354 g/mol. The van der Waals surface area contributed by atoms with Crippen LogP contribution < -0.4 is 0 Å². The maximum absolute atomic E-state index is 12.9. The fraction of sp³-hybridized carbons (Fsp3) is 0.300. The minimum atomic E-state index is -0.572. The number of carbonyl (C=O) groups excluding carboxylic acids is 1. The third kappa shape index (κ3) is 4.37. The summed E-state index contributed by atoms with van der Waals surface area (Å²) < 4.78 is 11.2. The Morgan fingerprint density at radius 2 is 2.00 bits per heavy atom. The molecule has 0 saturated heterocycles. The van der Waals surface area contributed by atoms with Crippen molar-refractivity contribution in [2.24, 2.45) is 0 Å². The van der Waals surface area contributed by atoms with Crippen LogP contribution in [0.15, 0.2) is 52.3 Å². The highest BCUT2D eigenvalue weighted by Gasteiger charge is 2.32. The molecule has 4 nitrogen and oxygen atoms in total. The summed E-state index contributed by atoms with van der Waals surface area (Å²) in [6.07, 6.45) is 3.03. The van der Waals surface area contributed by atoms with E-state index in [-0.39, 0.29) is 5.97 Å². The highest BCUT2D eigenvalue weighted by molar-refractivity contribution is 7.13. The first-order chi connectivity index (χ1) is 11.9. The predicted octanol–water partition coefficient (Wildman–Crippen LogP) is 4.87. The Bertz CT molecular complexity index is 816. The summed E-state index contributed by atoms with van der Waals surface area (Å²) in [5, 5.41) is 1.97. The van der Waals surface area contributed by atoms with Gasteiger partial charge >= 0.3 is 5.97 Å². The first-order valence-corrected chi connectivity index (χ1v) is 8.99. The summed E-state index contributed by atoms with van der Waals surface area (Å²) in [7, 11) is 0. The lowest BCUT2D eigenvalue weighted by Crippen LogP contribution is -2.28. The molecule has 0 N–H and O–H groups in total. The van der Waals surface area contributed by atoms with Gasteiger partial charge in [0.25, 0.3) is 6.39 Å². The smallest absolute Gasteiger partial charge is 0.317 e. The van der Waals surface area contributed by atoms with Crippen LogP contribution in [-0.4, -0.2) is 16.6 Å². The van der Waals surface area contributed by atoms with E-state index in [9.17, 15) is 4.79 Å². The summed E-state index contributed by atoms with van der Waals surface area (Å²) in [6, 6.07) is 13.7. The van der Waals surface area contributed by atoms with Crippen molar-refractivity contribution in [2.75, 3.05) is 0 Å². The second-order valence-corrected chi connectivity index (χ2v) is 7.72. The lowest BCUT2D eigenvalue weighted by molar-refractivity contribution is -0.157. The van der Waals surface area contributed by atoms with Crippen molar-refractivity contribution in [1.29, 1.82) is 0 Å². The molecule has 0 spiro atoms. The zero-order chi connectivity index (χ0) is 17.9. The Balaban J connectivity index is 1.97. The molecule has 129 valence electrons. The molecule has 0 aliphatic rings. The Labute approximate surface area is 151 Å². The number of benzene rings is 1. The molecule has 1 atom stereocenters. The topological polar surface area (TPSA) is 52.3 Å². The van der Waals surface area contributed by atoms with Gasteiger partial charge in [-0.2, -0.15) is 0 Å². The van der Waals surface area contributed by atoms with Crippen LogP contribution in [0.4, 0.5) is 0 Å². The van der Waals surface area contributed by atoms with Gasteiger partial charge in [0.1, 0.15) is 23.0 Å². The van der Waals surface area contributed by atoms with Gasteiger partial charge in [-0.3, -0.25) is 4.79 Å². The van der Waals surface area contributed by atoms with Crippen molar-refractivity contribution in [3.63, 3.8) is 0 Å². The number of oxazole rings is 1. The third-order valence-corrected chi connectivity index (χ3v) is 4.47. The number of nitrogens with zero attached hydrogens (tertiary/aromatic N) is 1. The molecule has 1 aromatic carbocycles. The molecule has 25 heavy (non-hydrogen) atoms. The van der Waals surface area contributed by atoms with E-state index in [2.05, 4.69) is 11.4 Å². The Hall–Kier alpha value is -2.40. The van der Waals surface area contributed by atoms with Crippen molar-refractivity contribution in [1.82, 2.24) is 4.98 Å². The largest absolute Gasteiger partial charge is 0.459 e. The molecule has 1 radical (unpaired) electrons. The van der Waals surface area contributed by atoms with E-state index in [1.165, 1.54) is 0 Å². The number of ether oxygens (including phenoxy) is 1. The average molecular weight is 354 g/mol. The molecule has 0 aliphatic carbocycles. The molecule has 5 heteroatoms.